The van der Waals surface area contributed by atoms with Crippen molar-refractivity contribution in [2.75, 3.05) is 5.32 Å². The molecule has 0 fully saturated rings. The molecular formula is C14H22N2O2. The molecule has 1 atom stereocenters. The molecule has 0 saturated carbocycles. The summed E-state index contributed by atoms with van der Waals surface area (Å²) in [5.41, 5.74) is 1.07. The molecule has 1 rings (SSSR count). The lowest BCUT2D eigenvalue weighted by Gasteiger charge is -2.15. The third-order valence-corrected chi connectivity index (χ3v) is 2.91. The van der Waals surface area contributed by atoms with E-state index in [1.54, 1.807) is 12.1 Å². The summed E-state index contributed by atoms with van der Waals surface area (Å²) >= 11 is 0. The van der Waals surface area contributed by atoms with Crippen LogP contribution in [0.25, 0.3) is 0 Å². The van der Waals surface area contributed by atoms with E-state index in [9.17, 15) is 10.1 Å². The van der Waals surface area contributed by atoms with Crippen LogP contribution in [0, 0.1) is 16.0 Å². The van der Waals surface area contributed by atoms with Gasteiger partial charge in [0.1, 0.15) is 0 Å². The van der Waals surface area contributed by atoms with Gasteiger partial charge in [0.25, 0.3) is 5.69 Å². The minimum atomic E-state index is -0.379. The first-order valence-electron chi connectivity index (χ1n) is 6.50. The van der Waals surface area contributed by atoms with Crippen LogP contribution >= 0.6 is 0 Å². The van der Waals surface area contributed by atoms with Gasteiger partial charge in [-0.05, 0) is 31.4 Å². The summed E-state index contributed by atoms with van der Waals surface area (Å²) in [7, 11) is 0. The average molecular weight is 250 g/mol. The first-order valence-corrected chi connectivity index (χ1v) is 6.50. The number of hydrogen-bond acceptors (Lipinski definition) is 3. The molecule has 0 radical (unpaired) electrons. The Labute approximate surface area is 109 Å². The van der Waals surface area contributed by atoms with Crippen LogP contribution < -0.4 is 5.32 Å². The molecule has 0 aliphatic rings. The monoisotopic (exact) mass is 250 g/mol. The summed E-state index contributed by atoms with van der Waals surface area (Å²) in [6.45, 7) is 6.60. The van der Waals surface area contributed by atoms with Crippen molar-refractivity contribution in [2.24, 2.45) is 5.92 Å². The van der Waals surface area contributed by atoms with E-state index in [-0.39, 0.29) is 10.6 Å². The second-order valence-corrected chi connectivity index (χ2v) is 5.17. The molecule has 0 spiro atoms. The molecule has 0 heterocycles. The first kappa shape index (κ1) is 14.5. The smallest absolute Gasteiger partial charge is 0.269 e. The average Bonchev–Trinajstić information content (AvgIpc) is 2.29. The van der Waals surface area contributed by atoms with Crippen molar-refractivity contribution in [3.8, 4) is 0 Å². The molecule has 0 saturated heterocycles. The van der Waals surface area contributed by atoms with Crippen molar-refractivity contribution in [2.45, 2.75) is 46.1 Å². The van der Waals surface area contributed by atoms with Gasteiger partial charge < -0.3 is 5.32 Å². The predicted molar refractivity (Wildman–Crippen MR) is 74.9 cm³/mol. The summed E-state index contributed by atoms with van der Waals surface area (Å²) < 4.78 is 0. The highest BCUT2D eigenvalue weighted by atomic mass is 16.6. The Morgan fingerprint density at radius 1 is 1.17 bits per heavy atom. The third kappa shape index (κ3) is 5.17. The van der Waals surface area contributed by atoms with E-state index in [0.717, 1.165) is 18.0 Å². The Morgan fingerprint density at radius 2 is 1.78 bits per heavy atom. The number of anilines is 1. The normalized spacial score (nSPS) is 12.4. The van der Waals surface area contributed by atoms with Gasteiger partial charge in [-0.1, -0.05) is 26.7 Å². The molecule has 1 aromatic rings. The Bertz CT molecular complexity index is 374. The largest absolute Gasteiger partial charge is 0.383 e. The zero-order valence-electron chi connectivity index (χ0n) is 11.3. The van der Waals surface area contributed by atoms with Crippen LogP contribution in [0.2, 0.25) is 0 Å². The van der Waals surface area contributed by atoms with E-state index < -0.39 is 0 Å². The number of nitro benzene ring substituents is 1. The van der Waals surface area contributed by atoms with Crippen molar-refractivity contribution in [3.05, 3.63) is 34.4 Å². The van der Waals surface area contributed by atoms with E-state index in [2.05, 4.69) is 26.1 Å². The number of hydrogen-bond donors (Lipinski definition) is 1. The Balaban J connectivity index is 2.39. The molecule has 0 aromatic heterocycles. The lowest BCUT2D eigenvalue weighted by atomic mass is 10.0. The quantitative estimate of drug-likeness (QED) is 0.582. The van der Waals surface area contributed by atoms with Crippen molar-refractivity contribution >= 4 is 11.4 Å². The highest BCUT2D eigenvalue weighted by Gasteiger charge is 2.06. The standard InChI is InChI=1S/C14H22N2O2/c1-11(2)5-4-6-12(3)15-13-7-9-14(10-8-13)16(17)18/h7-12,15H,4-6H2,1-3H3. The molecule has 0 aliphatic carbocycles. The molecule has 1 aromatic carbocycles. The van der Waals surface area contributed by atoms with E-state index in [0.29, 0.717) is 6.04 Å². The van der Waals surface area contributed by atoms with Crippen molar-refractivity contribution in [1.29, 1.82) is 0 Å². The molecule has 1 unspecified atom stereocenters. The number of nitrogens with zero attached hydrogens (tertiary/aromatic N) is 1. The topological polar surface area (TPSA) is 55.2 Å². The SMILES string of the molecule is CC(C)CCCC(C)Nc1ccc([N+](=O)[O-])cc1. The molecule has 0 amide bonds. The van der Waals surface area contributed by atoms with Crippen LogP contribution in [0.5, 0.6) is 0 Å². The first-order chi connectivity index (χ1) is 8.49. The van der Waals surface area contributed by atoms with Gasteiger partial charge in [0.05, 0.1) is 4.92 Å². The minimum absolute atomic E-state index is 0.132. The zero-order chi connectivity index (χ0) is 13.5. The fraction of sp³-hybridized carbons (Fsp3) is 0.571. The minimum Gasteiger partial charge on any atom is -0.383 e. The number of nitro groups is 1. The lowest BCUT2D eigenvalue weighted by Crippen LogP contribution is -2.15. The van der Waals surface area contributed by atoms with E-state index in [4.69, 9.17) is 0 Å². The van der Waals surface area contributed by atoms with Crippen molar-refractivity contribution < 1.29 is 4.92 Å². The zero-order valence-corrected chi connectivity index (χ0v) is 11.3. The van der Waals surface area contributed by atoms with Crippen LogP contribution in [-0.4, -0.2) is 11.0 Å². The van der Waals surface area contributed by atoms with Gasteiger partial charge in [-0.3, -0.25) is 10.1 Å². The molecule has 0 bridgehead atoms. The second kappa shape index (κ2) is 6.99. The van der Waals surface area contributed by atoms with Gasteiger partial charge >= 0.3 is 0 Å². The maximum absolute atomic E-state index is 10.5. The number of non-ortho nitro benzene ring substituents is 1. The Kier molecular flexibility index (Phi) is 5.62. The number of rotatable bonds is 7. The molecule has 0 aliphatic heterocycles. The van der Waals surface area contributed by atoms with Gasteiger partial charge in [-0.15, -0.1) is 0 Å². The van der Waals surface area contributed by atoms with Gasteiger partial charge in [-0.2, -0.15) is 0 Å². The third-order valence-electron chi connectivity index (χ3n) is 2.91. The van der Waals surface area contributed by atoms with Crippen LogP contribution in [0.15, 0.2) is 24.3 Å². The van der Waals surface area contributed by atoms with Gasteiger partial charge in [0.2, 0.25) is 0 Å². The number of benzene rings is 1. The van der Waals surface area contributed by atoms with E-state index in [1.807, 2.05) is 0 Å². The highest BCUT2D eigenvalue weighted by Crippen LogP contribution is 2.17. The van der Waals surface area contributed by atoms with Gasteiger partial charge in [-0.25, -0.2) is 0 Å². The fourth-order valence-corrected chi connectivity index (χ4v) is 1.87. The summed E-state index contributed by atoms with van der Waals surface area (Å²) in [5.74, 6) is 0.747. The fourth-order valence-electron chi connectivity index (χ4n) is 1.87. The van der Waals surface area contributed by atoms with Crippen LogP contribution in [0.3, 0.4) is 0 Å². The summed E-state index contributed by atoms with van der Waals surface area (Å²) in [6, 6.07) is 6.98. The summed E-state index contributed by atoms with van der Waals surface area (Å²) in [5, 5.41) is 13.9. The summed E-state index contributed by atoms with van der Waals surface area (Å²) in [4.78, 5) is 10.1. The number of nitrogens with one attached hydrogen (secondary N) is 1. The second-order valence-electron chi connectivity index (χ2n) is 5.17. The van der Waals surface area contributed by atoms with Gasteiger partial charge in [0, 0.05) is 23.9 Å². The highest BCUT2D eigenvalue weighted by molar-refractivity contribution is 5.48. The molecule has 1 N–H and O–H groups in total. The van der Waals surface area contributed by atoms with Crippen LogP contribution in [0.4, 0.5) is 11.4 Å². The van der Waals surface area contributed by atoms with Crippen LogP contribution in [-0.2, 0) is 0 Å². The van der Waals surface area contributed by atoms with Gasteiger partial charge in [0.15, 0.2) is 0 Å². The molecule has 4 heteroatoms. The predicted octanol–water partition coefficient (Wildman–Crippen LogP) is 4.22. The lowest BCUT2D eigenvalue weighted by molar-refractivity contribution is -0.384. The molecule has 100 valence electrons. The molecule has 4 nitrogen and oxygen atoms in total. The Morgan fingerprint density at radius 3 is 2.28 bits per heavy atom. The molecular weight excluding hydrogens is 228 g/mol. The maximum Gasteiger partial charge on any atom is 0.269 e. The Hall–Kier alpha value is -1.58. The maximum atomic E-state index is 10.5. The summed E-state index contributed by atoms with van der Waals surface area (Å²) in [6.07, 6.45) is 3.57. The van der Waals surface area contributed by atoms with E-state index in [1.165, 1.54) is 25.0 Å². The van der Waals surface area contributed by atoms with Crippen molar-refractivity contribution in [3.63, 3.8) is 0 Å². The van der Waals surface area contributed by atoms with Crippen molar-refractivity contribution in [1.82, 2.24) is 0 Å². The van der Waals surface area contributed by atoms with E-state index >= 15 is 0 Å². The van der Waals surface area contributed by atoms with Crippen LogP contribution in [0.1, 0.15) is 40.0 Å². The molecule has 18 heavy (non-hydrogen) atoms.